The summed E-state index contributed by atoms with van der Waals surface area (Å²) >= 11 is 0. The van der Waals surface area contributed by atoms with Gasteiger partial charge in [0.15, 0.2) is 0 Å². The Balaban J connectivity index is 2.48. The quantitative estimate of drug-likeness (QED) is 0.867. The minimum atomic E-state index is -0.858. The van der Waals surface area contributed by atoms with Crippen molar-refractivity contribution < 1.29 is 9.90 Å². The molecule has 0 aliphatic heterocycles. The Kier molecular flexibility index (Phi) is 2.91. The van der Waals surface area contributed by atoms with E-state index in [4.69, 9.17) is 5.11 Å². The second-order valence-corrected chi connectivity index (χ2v) is 3.83. The van der Waals surface area contributed by atoms with E-state index in [9.17, 15) is 4.79 Å². The van der Waals surface area contributed by atoms with Crippen molar-refractivity contribution in [3.8, 4) is 11.4 Å². The van der Waals surface area contributed by atoms with E-state index >= 15 is 0 Å². The van der Waals surface area contributed by atoms with E-state index in [0.717, 1.165) is 17.0 Å². The van der Waals surface area contributed by atoms with Crippen molar-refractivity contribution in [2.75, 3.05) is 0 Å². The van der Waals surface area contributed by atoms with Crippen LogP contribution in [0.4, 0.5) is 0 Å². The smallest absolute Gasteiger partial charge is 0.309 e. The van der Waals surface area contributed by atoms with Gasteiger partial charge >= 0.3 is 5.97 Å². The summed E-state index contributed by atoms with van der Waals surface area (Å²) < 4.78 is 1.60. The van der Waals surface area contributed by atoms with Crippen molar-refractivity contribution in [3.63, 3.8) is 0 Å². The van der Waals surface area contributed by atoms with Crippen LogP contribution in [0.5, 0.6) is 0 Å². The van der Waals surface area contributed by atoms with Crippen molar-refractivity contribution >= 4 is 5.97 Å². The van der Waals surface area contributed by atoms with Crippen LogP contribution in [0.3, 0.4) is 0 Å². The van der Waals surface area contributed by atoms with Gasteiger partial charge in [-0.05, 0) is 19.1 Å². The summed E-state index contributed by atoms with van der Waals surface area (Å²) in [6.45, 7) is 1.87. The molecule has 0 amide bonds. The number of aromatic nitrogens is 3. The Labute approximate surface area is 98.7 Å². The third-order valence-electron chi connectivity index (χ3n) is 2.65. The Morgan fingerprint density at radius 3 is 2.82 bits per heavy atom. The van der Waals surface area contributed by atoms with E-state index in [1.54, 1.807) is 17.9 Å². The molecule has 2 aromatic heterocycles. The lowest BCUT2D eigenvalue weighted by Crippen LogP contribution is -2.06. The zero-order chi connectivity index (χ0) is 12.4. The van der Waals surface area contributed by atoms with Crippen LogP contribution in [0.25, 0.3) is 11.4 Å². The maximum absolute atomic E-state index is 10.8. The summed E-state index contributed by atoms with van der Waals surface area (Å²) in [5, 5.41) is 13.2. The molecule has 0 radical (unpaired) electrons. The van der Waals surface area contributed by atoms with Crippen LogP contribution >= 0.6 is 0 Å². The molecule has 2 heterocycles. The summed E-state index contributed by atoms with van der Waals surface area (Å²) in [6, 6.07) is 5.58. The number of aryl methyl sites for hydroxylation is 1. The highest BCUT2D eigenvalue weighted by Gasteiger charge is 2.16. The number of pyridine rings is 1. The topological polar surface area (TPSA) is 68.0 Å². The molecule has 0 saturated heterocycles. The van der Waals surface area contributed by atoms with Gasteiger partial charge in [0.05, 0.1) is 17.8 Å². The molecule has 0 fully saturated rings. The molecule has 0 aliphatic rings. The van der Waals surface area contributed by atoms with Crippen molar-refractivity contribution in [2.45, 2.75) is 13.3 Å². The molecule has 2 aromatic rings. The number of hydrogen-bond donors (Lipinski definition) is 1. The molecule has 0 aromatic carbocycles. The van der Waals surface area contributed by atoms with E-state index in [1.165, 1.54) is 0 Å². The third-order valence-corrected chi connectivity index (χ3v) is 2.65. The molecule has 0 unspecified atom stereocenters. The van der Waals surface area contributed by atoms with Crippen LogP contribution in [0, 0.1) is 6.92 Å². The summed E-state index contributed by atoms with van der Waals surface area (Å²) in [7, 11) is 1.75. The van der Waals surface area contributed by atoms with Gasteiger partial charge in [0.2, 0.25) is 0 Å². The van der Waals surface area contributed by atoms with Crippen LogP contribution in [-0.4, -0.2) is 25.8 Å². The van der Waals surface area contributed by atoms with Gasteiger partial charge in [-0.2, -0.15) is 5.10 Å². The van der Waals surface area contributed by atoms with E-state index < -0.39 is 5.97 Å². The summed E-state index contributed by atoms with van der Waals surface area (Å²) in [5.74, 6) is -0.858. The first-order chi connectivity index (χ1) is 8.09. The number of aliphatic carboxylic acids is 1. The molecular formula is C12H13N3O2. The predicted octanol–water partition coefficient (Wildman–Crippen LogP) is 1.42. The first-order valence-corrected chi connectivity index (χ1v) is 5.25. The monoisotopic (exact) mass is 231 g/mol. The fourth-order valence-corrected chi connectivity index (χ4v) is 1.80. The summed E-state index contributed by atoms with van der Waals surface area (Å²) in [4.78, 5) is 15.0. The average Bonchev–Trinajstić information content (AvgIpc) is 2.58. The lowest BCUT2D eigenvalue weighted by Gasteiger charge is -1.99. The SMILES string of the molecule is Cc1c(-c2ccccn2)nn(C)c1CC(=O)O. The maximum Gasteiger partial charge on any atom is 0.309 e. The van der Waals surface area contributed by atoms with Gasteiger partial charge in [-0.15, -0.1) is 0 Å². The van der Waals surface area contributed by atoms with E-state index in [1.807, 2.05) is 25.1 Å². The molecule has 5 heteroatoms. The summed E-state index contributed by atoms with van der Waals surface area (Å²) in [6.07, 6.45) is 1.67. The van der Waals surface area contributed by atoms with Crippen LogP contribution in [-0.2, 0) is 18.3 Å². The van der Waals surface area contributed by atoms with Crippen molar-refractivity contribution in [1.29, 1.82) is 0 Å². The molecule has 0 bridgehead atoms. The van der Waals surface area contributed by atoms with Gasteiger partial charge < -0.3 is 5.11 Å². The molecule has 0 atom stereocenters. The van der Waals surface area contributed by atoms with Gasteiger partial charge in [0.25, 0.3) is 0 Å². The van der Waals surface area contributed by atoms with Crippen molar-refractivity contribution in [3.05, 3.63) is 35.7 Å². The zero-order valence-corrected chi connectivity index (χ0v) is 9.71. The van der Waals surface area contributed by atoms with Gasteiger partial charge in [-0.25, -0.2) is 0 Å². The first-order valence-electron chi connectivity index (χ1n) is 5.25. The second kappa shape index (κ2) is 4.37. The molecule has 17 heavy (non-hydrogen) atoms. The predicted molar refractivity (Wildman–Crippen MR) is 62.5 cm³/mol. The van der Waals surface area contributed by atoms with Crippen LogP contribution in [0.2, 0.25) is 0 Å². The number of rotatable bonds is 3. The van der Waals surface area contributed by atoms with Crippen LogP contribution in [0.1, 0.15) is 11.3 Å². The van der Waals surface area contributed by atoms with Gasteiger partial charge in [0.1, 0.15) is 5.69 Å². The van der Waals surface area contributed by atoms with E-state index in [0.29, 0.717) is 5.69 Å². The lowest BCUT2D eigenvalue weighted by molar-refractivity contribution is -0.136. The number of carboxylic acid groups (broad SMARTS) is 1. The number of carbonyl (C=O) groups is 1. The van der Waals surface area contributed by atoms with Gasteiger partial charge in [-0.3, -0.25) is 14.5 Å². The highest BCUT2D eigenvalue weighted by molar-refractivity contribution is 5.71. The second-order valence-electron chi connectivity index (χ2n) is 3.83. The van der Waals surface area contributed by atoms with E-state index in [2.05, 4.69) is 10.1 Å². The van der Waals surface area contributed by atoms with Crippen LogP contribution < -0.4 is 0 Å². The lowest BCUT2D eigenvalue weighted by atomic mass is 10.1. The van der Waals surface area contributed by atoms with E-state index in [-0.39, 0.29) is 6.42 Å². The highest BCUT2D eigenvalue weighted by Crippen LogP contribution is 2.22. The Hall–Kier alpha value is -2.17. The first kappa shape index (κ1) is 11.3. The highest BCUT2D eigenvalue weighted by atomic mass is 16.4. The molecule has 0 spiro atoms. The molecular weight excluding hydrogens is 218 g/mol. The molecule has 1 N–H and O–H groups in total. The van der Waals surface area contributed by atoms with Crippen molar-refractivity contribution in [1.82, 2.24) is 14.8 Å². The third kappa shape index (κ3) is 2.18. The Morgan fingerprint density at radius 2 is 2.24 bits per heavy atom. The Morgan fingerprint density at radius 1 is 1.47 bits per heavy atom. The largest absolute Gasteiger partial charge is 0.481 e. The van der Waals surface area contributed by atoms with Crippen LogP contribution in [0.15, 0.2) is 24.4 Å². The molecule has 0 aliphatic carbocycles. The number of nitrogens with zero attached hydrogens (tertiary/aromatic N) is 3. The number of hydrogen-bond acceptors (Lipinski definition) is 3. The molecule has 2 rings (SSSR count). The maximum atomic E-state index is 10.8. The van der Waals surface area contributed by atoms with Gasteiger partial charge in [-0.1, -0.05) is 6.07 Å². The minimum Gasteiger partial charge on any atom is -0.481 e. The fraction of sp³-hybridized carbons (Fsp3) is 0.250. The standard InChI is InChI=1S/C12H13N3O2/c1-8-10(7-11(16)17)15(2)14-12(8)9-5-3-4-6-13-9/h3-6H,7H2,1-2H3,(H,16,17). The molecule has 5 nitrogen and oxygen atoms in total. The Bertz CT molecular complexity index is 546. The zero-order valence-electron chi connectivity index (χ0n) is 9.71. The molecule has 88 valence electrons. The van der Waals surface area contributed by atoms with Gasteiger partial charge in [0, 0.05) is 18.8 Å². The normalized spacial score (nSPS) is 10.5. The number of carboxylic acids is 1. The molecule has 0 saturated carbocycles. The van der Waals surface area contributed by atoms with Crippen molar-refractivity contribution in [2.24, 2.45) is 7.05 Å². The summed E-state index contributed by atoms with van der Waals surface area (Å²) in [5.41, 5.74) is 3.08. The minimum absolute atomic E-state index is 0.0256. The fourth-order valence-electron chi connectivity index (χ4n) is 1.80. The average molecular weight is 231 g/mol.